The summed E-state index contributed by atoms with van der Waals surface area (Å²) < 4.78 is 5.91. The summed E-state index contributed by atoms with van der Waals surface area (Å²) in [7, 11) is 0. The largest absolute Gasteiger partial charge is 0.394 e. The van der Waals surface area contributed by atoms with E-state index in [2.05, 4.69) is 0 Å². The van der Waals surface area contributed by atoms with Crippen LogP contribution in [-0.4, -0.2) is 34.7 Å². The normalized spacial score (nSPS) is 20.9. The summed E-state index contributed by atoms with van der Waals surface area (Å²) in [6.45, 7) is 0.878. The van der Waals surface area contributed by atoms with Crippen LogP contribution in [0.15, 0.2) is 60.7 Å². The second-order valence-corrected chi connectivity index (χ2v) is 5.80. The van der Waals surface area contributed by atoms with Gasteiger partial charge < -0.3 is 14.7 Å². The lowest BCUT2D eigenvalue weighted by molar-refractivity contribution is -0.130. The van der Waals surface area contributed by atoms with Gasteiger partial charge in [-0.2, -0.15) is 0 Å². The van der Waals surface area contributed by atoms with E-state index >= 15 is 0 Å². The zero-order valence-corrected chi connectivity index (χ0v) is 13.0. The van der Waals surface area contributed by atoms with Crippen molar-refractivity contribution >= 4 is 5.91 Å². The molecule has 1 aliphatic heterocycles. The number of aliphatic hydroxyl groups excluding tert-OH is 1. The van der Waals surface area contributed by atoms with Crippen molar-refractivity contribution in [3.63, 3.8) is 0 Å². The predicted octanol–water partition coefficient (Wildman–Crippen LogP) is 2.37. The number of hydrogen-bond acceptors (Lipinski definition) is 3. The minimum Gasteiger partial charge on any atom is -0.394 e. The molecule has 1 saturated heterocycles. The molecule has 3 rings (SSSR count). The van der Waals surface area contributed by atoms with Crippen molar-refractivity contribution < 1.29 is 14.6 Å². The van der Waals surface area contributed by atoms with E-state index in [0.29, 0.717) is 19.6 Å². The van der Waals surface area contributed by atoms with Crippen LogP contribution in [0.2, 0.25) is 0 Å². The van der Waals surface area contributed by atoms with Crippen LogP contribution in [-0.2, 0) is 22.7 Å². The fraction of sp³-hybridized carbons (Fsp3) is 0.316. The van der Waals surface area contributed by atoms with Gasteiger partial charge in [-0.25, -0.2) is 0 Å². The Morgan fingerprint density at radius 3 is 2.22 bits per heavy atom. The summed E-state index contributed by atoms with van der Waals surface area (Å²) in [4.78, 5) is 14.0. The number of benzene rings is 2. The molecule has 0 saturated carbocycles. The molecule has 2 aromatic rings. The summed E-state index contributed by atoms with van der Waals surface area (Å²) in [5, 5.41) is 9.73. The minimum atomic E-state index is -0.286. The van der Waals surface area contributed by atoms with Gasteiger partial charge in [0.05, 0.1) is 31.8 Å². The first kappa shape index (κ1) is 15.7. The van der Waals surface area contributed by atoms with Crippen LogP contribution in [0.4, 0.5) is 0 Å². The molecule has 1 amide bonds. The van der Waals surface area contributed by atoms with Crippen molar-refractivity contribution in [1.29, 1.82) is 0 Å². The molecule has 120 valence electrons. The molecule has 0 aliphatic carbocycles. The first-order chi connectivity index (χ1) is 11.3. The molecule has 2 atom stereocenters. The van der Waals surface area contributed by atoms with Gasteiger partial charge in [0.1, 0.15) is 0 Å². The van der Waals surface area contributed by atoms with Crippen molar-refractivity contribution in [3.05, 3.63) is 71.8 Å². The number of hydrogen-bond donors (Lipinski definition) is 1. The van der Waals surface area contributed by atoms with Gasteiger partial charge in [-0.15, -0.1) is 0 Å². The predicted molar refractivity (Wildman–Crippen MR) is 87.5 cm³/mol. The Morgan fingerprint density at radius 1 is 1.00 bits per heavy atom. The highest BCUT2D eigenvalue weighted by molar-refractivity contribution is 5.79. The number of likely N-dealkylation sites (tertiary alicyclic amines) is 1. The number of carbonyl (C=O) groups excluding carboxylic acids is 1. The summed E-state index contributed by atoms with van der Waals surface area (Å²) in [5.41, 5.74) is 2.13. The number of rotatable bonds is 6. The molecule has 2 aromatic carbocycles. The lowest BCUT2D eigenvalue weighted by atomic mass is 10.1. The lowest BCUT2D eigenvalue weighted by Gasteiger charge is -2.26. The molecule has 4 heteroatoms. The van der Waals surface area contributed by atoms with Crippen molar-refractivity contribution in [3.8, 4) is 0 Å². The average Bonchev–Trinajstić information content (AvgIpc) is 2.90. The molecule has 0 radical (unpaired) electrons. The summed E-state index contributed by atoms with van der Waals surface area (Å²) in [6.07, 6.45) is 0.0571. The number of nitrogens with zero attached hydrogens (tertiary/aromatic N) is 1. The van der Waals surface area contributed by atoms with Gasteiger partial charge in [-0.05, 0) is 11.1 Å². The third-order valence-corrected chi connectivity index (χ3v) is 4.22. The zero-order valence-electron chi connectivity index (χ0n) is 13.0. The van der Waals surface area contributed by atoms with Crippen LogP contribution in [0.5, 0.6) is 0 Å². The Bertz CT molecular complexity index is 630. The standard InChI is InChI=1S/C19H21NO3/c21-13-17-18(23-14-16-9-5-2-6-10-16)11-19(22)20(17)12-15-7-3-1-4-8-15/h1-10,17-18,21H,11-14H2/t17-,18+/m1/s1. The molecular weight excluding hydrogens is 290 g/mol. The van der Waals surface area contributed by atoms with Gasteiger partial charge in [0.15, 0.2) is 0 Å². The SMILES string of the molecule is O=C1C[C@H](OCc2ccccc2)[C@@H](CO)N1Cc1ccccc1. The molecule has 4 nitrogen and oxygen atoms in total. The molecule has 23 heavy (non-hydrogen) atoms. The molecule has 1 heterocycles. The number of amides is 1. The molecule has 1 fully saturated rings. The Labute approximate surface area is 136 Å². The average molecular weight is 311 g/mol. The molecular formula is C19H21NO3. The zero-order chi connectivity index (χ0) is 16.1. The lowest BCUT2D eigenvalue weighted by Crippen LogP contribution is -2.40. The van der Waals surface area contributed by atoms with Crippen LogP contribution in [0.1, 0.15) is 17.5 Å². The van der Waals surface area contributed by atoms with Crippen LogP contribution < -0.4 is 0 Å². The molecule has 0 spiro atoms. The van der Waals surface area contributed by atoms with Gasteiger partial charge in [0, 0.05) is 6.54 Å². The number of ether oxygens (including phenoxy) is 1. The first-order valence-corrected chi connectivity index (χ1v) is 7.87. The third-order valence-electron chi connectivity index (χ3n) is 4.22. The summed E-state index contributed by atoms with van der Waals surface area (Å²) in [6, 6.07) is 19.4. The van der Waals surface area contributed by atoms with Crippen LogP contribution >= 0.6 is 0 Å². The van der Waals surface area contributed by atoms with Gasteiger partial charge in [-0.1, -0.05) is 60.7 Å². The van der Waals surface area contributed by atoms with E-state index in [-0.39, 0.29) is 24.7 Å². The second-order valence-electron chi connectivity index (χ2n) is 5.80. The highest BCUT2D eigenvalue weighted by atomic mass is 16.5. The Kier molecular flexibility index (Phi) is 5.05. The van der Waals surface area contributed by atoms with E-state index in [1.165, 1.54) is 0 Å². The third kappa shape index (κ3) is 3.78. The molecule has 0 unspecified atom stereocenters. The first-order valence-electron chi connectivity index (χ1n) is 7.87. The quantitative estimate of drug-likeness (QED) is 0.891. The van der Waals surface area contributed by atoms with Gasteiger partial charge in [0.2, 0.25) is 5.91 Å². The number of carbonyl (C=O) groups is 1. The van der Waals surface area contributed by atoms with Crippen LogP contribution in [0.3, 0.4) is 0 Å². The van der Waals surface area contributed by atoms with Crippen molar-refractivity contribution in [1.82, 2.24) is 4.90 Å². The maximum Gasteiger partial charge on any atom is 0.225 e. The maximum atomic E-state index is 12.3. The Morgan fingerprint density at radius 2 is 1.61 bits per heavy atom. The highest BCUT2D eigenvalue weighted by Crippen LogP contribution is 2.25. The van der Waals surface area contributed by atoms with E-state index in [1.54, 1.807) is 4.90 Å². The molecule has 1 N–H and O–H groups in total. The van der Waals surface area contributed by atoms with Gasteiger partial charge in [0.25, 0.3) is 0 Å². The Balaban J connectivity index is 1.65. The number of aliphatic hydroxyl groups is 1. The van der Waals surface area contributed by atoms with E-state index in [0.717, 1.165) is 11.1 Å². The molecule has 1 aliphatic rings. The smallest absolute Gasteiger partial charge is 0.225 e. The van der Waals surface area contributed by atoms with Gasteiger partial charge >= 0.3 is 0 Å². The van der Waals surface area contributed by atoms with E-state index < -0.39 is 0 Å². The van der Waals surface area contributed by atoms with Crippen LogP contribution in [0.25, 0.3) is 0 Å². The molecule has 0 aromatic heterocycles. The van der Waals surface area contributed by atoms with Crippen molar-refractivity contribution in [2.75, 3.05) is 6.61 Å². The molecule has 0 bridgehead atoms. The second kappa shape index (κ2) is 7.40. The van der Waals surface area contributed by atoms with Crippen molar-refractivity contribution in [2.45, 2.75) is 31.7 Å². The summed E-state index contributed by atoms with van der Waals surface area (Å²) >= 11 is 0. The van der Waals surface area contributed by atoms with Crippen LogP contribution in [0, 0.1) is 0 Å². The van der Waals surface area contributed by atoms with E-state index in [4.69, 9.17) is 4.74 Å². The highest BCUT2D eigenvalue weighted by Gasteiger charge is 2.39. The maximum absolute atomic E-state index is 12.3. The fourth-order valence-electron chi connectivity index (χ4n) is 2.96. The topological polar surface area (TPSA) is 49.8 Å². The summed E-state index contributed by atoms with van der Waals surface area (Å²) in [5.74, 6) is 0.0333. The Hall–Kier alpha value is -2.17. The van der Waals surface area contributed by atoms with E-state index in [1.807, 2.05) is 60.7 Å². The monoisotopic (exact) mass is 311 g/mol. The fourth-order valence-corrected chi connectivity index (χ4v) is 2.96. The van der Waals surface area contributed by atoms with E-state index in [9.17, 15) is 9.90 Å². The van der Waals surface area contributed by atoms with Gasteiger partial charge in [-0.3, -0.25) is 4.79 Å². The minimum absolute atomic E-state index is 0.0333. The van der Waals surface area contributed by atoms with Crippen molar-refractivity contribution in [2.24, 2.45) is 0 Å².